The van der Waals surface area contributed by atoms with Crippen LogP contribution in [0, 0.1) is 6.92 Å². The summed E-state index contributed by atoms with van der Waals surface area (Å²) in [5.74, 6) is -2.68. The number of para-hydroxylation sites is 1. The number of aryl methyl sites for hydroxylation is 1. The molecule has 0 saturated carbocycles. The van der Waals surface area contributed by atoms with Gasteiger partial charge in [-0.25, -0.2) is 28.8 Å². The number of rotatable bonds is 11. The smallest absolute Gasteiger partial charge is 0.323 e. The Balaban J connectivity index is 1.61. The Labute approximate surface area is 234 Å². The number of esters is 1. The van der Waals surface area contributed by atoms with Gasteiger partial charge in [0.25, 0.3) is 5.85 Å². The van der Waals surface area contributed by atoms with Gasteiger partial charge >= 0.3 is 12.6 Å². The van der Waals surface area contributed by atoms with Crippen molar-refractivity contribution in [3.05, 3.63) is 42.5 Å². The molecule has 0 aliphatic carbocycles. The molecule has 0 radical (unpaired) electrons. The van der Waals surface area contributed by atoms with Crippen LogP contribution in [0.25, 0.3) is 11.2 Å². The van der Waals surface area contributed by atoms with Crippen molar-refractivity contribution < 1.29 is 37.2 Å². The topological polar surface area (TPSA) is 142 Å². The third-order valence-electron chi connectivity index (χ3n) is 6.15. The van der Waals surface area contributed by atoms with Crippen LogP contribution in [0.3, 0.4) is 0 Å². The summed E-state index contributed by atoms with van der Waals surface area (Å²) in [5.41, 5.74) is -2.18. The van der Waals surface area contributed by atoms with E-state index in [1.165, 1.54) is 17.8 Å². The predicted molar refractivity (Wildman–Crippen MR) is 146 cm³/mol. The zero-order chi connectivity index (χ0) is 29.3. The third-order valence-corrected chi connectivity index (χ3v) is 8.63. The average Bonchev–Trinajstić information content (AvgIpc) is 3.40. The molecule has 1 fully saturated rings. The molecule has 1 aromatic carbocycles. The van der Waals surface area contributed by atoms with Gasteiger partial charge in [0.2, 0.25) is 0 Å². The van der Waals surface area contributed by atoms with Crippen molar-refractivity contribution in [1.29, 1.82) is 0 Å². The minimum Gasteiger partial charge on any atom is -0.465 e. The Morgan fingerprint density at radius 1 is 1.32 bits per heavy atom. The van der Waals surface area contributed by atoms with Crippen molar-refractivity contribution in [2.24, 2.45) is 0 Å². The summed E-state index contributed by atoms with van der Waals surface area (Å²) in [6.07, 6.45) is -2.76. The monoisotopic (exact) mass is 600 g/mol. The standard InChI is InChI=1S/C24H31F2N6O6PS/c1-6-35-20(33)14(2)31-39(40,38-16-10-8-7-9-11-16)36-12-24(26)21(34)23(4,25)22(37-24)32-13-28-17-18(27-5)29-15(3)30-19(17)32/h7-11,13-14,21-22,34H,6,12H2,1-5H3,(H,31,40)(H,27,29,30)/t14-,21-,22+,23+,24+,39+/m0/s1. The van der Waals surface area contributed by atoms with Gasteiger partial charge in [0.15, 0.2) is 35.0 Å². The molecule has 3 N–H and O–H groups in total. The van der Waals surface area contributed by atoms with Crippen molar-refractivity contribution in [2.75, 3.05) is 25.6 Å². The number of hydrogen-bond acceptors (Lipinski definition) is 11. The second-order valence-corrected chi connectivity index (χ2v) is 12.4. The molecule has 1 aliphatic heterocycles. The first-order chi connectivity index (χ1) is 18.8. The second-order valence-electron chi connectivity index (χ2n) is 9.28. The molecule has 1 aliphatic rings. The fourth-order valence-electron chi connectivity index (χ4n) is 4.17. The molecule has 3 aromatic rings. The highest BCUT2D eigenvalue weighted by Gasteiger charge is 2.65. The first-order valence-electron chi connectivity index (χ1n) is 12.4. The highest BCUT2D eigenvalue weighted by Crippen LogP contribution is 2.52. The Bertz CT molecular complexity index is 1420. The van der Waals surface area contributed by atoms with E-state index in [1.54, 1.807) is 51.2 Å². The Morgan fingerprint density at radius 3 is 2.67 bits per heavy atom. The van der Waals surface area contributed by atoms with Gasteiger partial charge in [-0.15, -0.1) is 0 Å². The molecule has 2 aromatic heterocycles. The summed E-state index contributed by atoms with van der Waals surface area (Å²) in [6, 6.07) is 7.32. The molecule has 1 saturated heterocycles. The van der Waals surface area contributed by atoms with E-state index in [4.69, 9.17) is 30.3 Å². The summed E-state index contributed by atoms with van der Waals surface area (Å²) in [6.45, 7) is 1.16. The van der Waals surface area contributed by atoms with E-state index in [2.05, 4.69) is 25.4 Å². The van der Waals surface area contributed by atoms with E-state index in [0.29, 0.717) is 17.2 Å². The summed E-state index contributed by atoms with van der Waals surface area (Å²) >= 11 is 5.57. The summed E-state index contributed by atoms with van der Waals surface area (Å²) < 4.78 is 55.5. The van der Waals surface area contributed by atoms with Gasteiger partial charge in [0, 0.05) is 7.05 Å². The van der Waals surface area contributed by atoms with Crippen LogP contribution < -0.4 is 14.9 Å². The molecule has 0 spiro atoms. The van der Waals surface area contributed by atoms with Crippen LogP contribution in [-0.2, 0) is 30.6 Å². The Hall–Kier alpha value is -2.81. The van der Waals surface area contributed by atoms with Gasteiger partial charge < -0.3 is 28.9 Å². The number of nitrogens with zero attached hydrogens (tertiary/aromatic N) is 4. The maximum atomic E-state index is 16.2. The zero-order valence-corrected chi connectivity index (χ0v) is 24.2. The minimum absolute atomic E-state index is 0.126. The maximum Gasteiger partial charge on any atom is 0.323 e. The number of halogens is 2. The SMILES string of the molecule is CCOC(=O)[C@H](C)N[P@@](=S)(OC[C@@]1(F)O[C@@H](n2cnc3c(NC)nc(C)nc32)[C@](C)(F)[C@@H]1O)Oc1ccccc1. The number of anilines is 1. The molecular formula is C24H31F2N6O6PS. The van der Waals surface area contributed by atoms with Crippen LogP contribution in [0.4, 0.5) is 14.6 Å². The molecule has 16 heteroatoms. The quantitative estimate of drug-likeness (QED) is 0.220. The number of nitrogens with one attached hydrogen (secondary N) is 2. The number of aromatic nitrogens is 4. The van der Waals surface area contributed by atoms with Crippen LogP contribution >= 0.6 is 6.64 Å². The van der Waals surface area contributed by atoms with Crippen molar-refractivity contribution in [1.82, 2.24) is 24.6 Å². The van der Waals surface area contributed by atoms with Crippen LogP contribution in [0.1, 0.15) is 32.8 Å². The molecule has 0 unspecified atom stereocenters. The number of fused-ring (bicyclic) bond motifs is 1. The van der Waals surface area contributed by atoms with Crippen LogP contribution in [0.15, 0.2) is 36.7 Å². The van der Waals surface area contributed by atoms with Gasteiger partial charge in [-0.1, -0.05) is 18.2 Å². The number of aliphatic hydroxyl groups excluding tert-OH is 1. The second kappa shape index (κ2) is 11.6. The number of ether oxygens (including phenoxy) is 2. The van der Waals surface area contributed by atoms with Crippen molar-refractivity contribution in [2.45, 2.75) is 57.6 Å². The molecule has 6 atom stereocenters. The van der Waals surface area contributed by atoms with E-state index < -0.39 is 49.1 Å². The zero-order valence-electron chi connectivity index (χ0n) is 22.5. The minimum atomic E-state index is -3.69. The first-order valence-corrected chi connectivity index (χ1v) is 15.0. The van der Waals surface area contributed by atoms with E-state index >= 15 is 8.78 Å². The summed E-state index contributed by atoms with van der Waals surface area (Å²) in [5, 5.41) is 16.4. The molecular weight excluding hydrogens is 569 g/mol. The lowest BCUT2D eigenvalue weighted by atomic mass is 9.97. The van der Waals surface area contributed by atoms with Crippen molar-refractivity contribution >= 4 is 41.4 Å². The Morgan fingerprint density at radius 2 is 2.02 bits per heavy atom. The van der Waals surface area contributed by atoms with Gasteiger partial charge in [-0.3, -0.25) is 9.36 Å². The fourth-order valence-corrected chi connectivity index (χ4v) is 6.57. The molecule has 40 heavy (non-hydrogen) atoms. The highest BCUT2D eigenvalue weighted by molar-refractivity contribution is 8.09. The fraction of sp³-hybridized carbons (Fsp3) is 0.500. The lowest BCUT2D eigenvalue weighted by molar-refractivity contribution is -0.202. The number of alkyl halides is 2. The van der Waals surface area contributed by atoms with Gasteiger partial charge in [-0.2, -0.15) is 0 Å². The first kappa shape index (κ1) is 30.2. The van der Waals surface area contributed by atoms with Crippen LogP contribution in [0.5, 0.6) is 5.75 Å². The van der Waals surface area contributed by atoms with Crippen LogP contribution in [0.2, 0.25) is 0 Å². The molecule has 0 amide bonds. The Kier molecular flexibility index (Phi) is 8.74. The number of carbonyl (C=O) groups excluding carboxylic acids is 1. The number of imidazole rings is 1. The maximum absolute atomic E-state index is 16.2. The van der Waals surface area contributed by atoms with Crippen LogP contribution in [-0.4, -0.2) is 74.5 Å². The van der Waals surface area contributed by atoms with Gasteiger partial charge in [0.1, 0.15) is 24.2 Å². The summed E-state index contributed by atoms with van der Waals surface area (Å²) in [7, 11) is 1.64. The van der Waals surface area contributed by atoms with Crippen molar-refractivity contribution in [3.8, 4) is 5.75 Å². The highest BCUT2D eigenvalue weighted by atomic mass is 32.5. The molecule has 12 nitrogen and oxygen atoms in total. The van der Waals surface area contributed by atoms with Gasteiger partial charge in [-0.05, 0) is 51.6 Å². The van der Waals surface area contributed by atoms with Gasteiger partial charge in [0.05, 0.1) is 12.9 Å². The number of carbonyl (C=O) groups is 1. The molecule has 4 rings (SSSR count). The van der Waals surface area contributed by atoms with E-state index in [0.717, 1.165) is 6.92 Å². The molecule has 218 valence electrons. The molecule has 3 heterocycles. The predicted octanol–water partition coefficient (Wildman–Crippen LogP) is 3.32. The number of hydrogen-bond donors (Lipinski definition) is 3. The van der Waals surface area contributed by atoms with E-state index in [9.17, 15) is 9.90 Å². The van der Waals surface area contributed by atoms with Crippen molar-refractivity contribution in [3.63, 3.8) is 0 Å². The number of benzene rings is 1. The number of aliphatic hydroxyl groups is 1. The summed E-state index contributed by atoms with van der Waals surface area (Å²) in [4.78, 5) is 25.0. The lowest BCUT2D eigenvalue weighted by Crippen LogP contribution is -2.47. The molecule has 0 bridgehead atoms. The normalized spacial score (nSPS) is 26.8. The van der Waals surface area contributed by atoms with E-state index in [-0.39, 0.29) is 18.0 Å². The average molecular weight is 601 g/mol. The van der Waals surface area contributed by atoms with E-state index in [1.807, 2.05) is 0 Å². The largest absolute Gasteiger partial charge is 0.465 e. The third kappa shape index (κ3) is 5.94. The lowest BCUT2D eigenvalue weighted by Gasteiger charge is -2.30.